The van der Waals surface area contributed by atoms with Crippen LogP contribution in [0, 0.1) is 19.8 Å². The summed E-state index contributed by atoms with van der Waals surface area (Å²) < 4.78 is 7.68. The number of aromatic nitrogens is 5. The van der Waals surface area contributed by atoms with Crippen LogP contribution in [0.15, 0.2) is 41.6 Å². The predicted octanol–water partition coefficient (Wildman–Crippen LogP) is 1.90. The Morgan fingerprint density at radius 3 is 2.70 bits per heavy atom. The summed E-state index contributed by atoms with van der Waals surface area (Å²) in [6.45, 7) is 5.72. The van der Waals surface area contributed by atoms with Crippen molar-refractivity contribution in [3.63, 3.8) is 0 Å². The lowest BCUT2D eigenvalue weighted by Gasteiger charge is -2.31. The van der Waals surface area contributed by atoms with E-state index in [9.17, 15) is 9.59 Å². The molecule has 1 aliphatic rings. The number of nitrogens with one attached hydrogen (secondary N) is 1. The number of carbonyl (C=O) groups is 1. The van der Waals surface area contributed by atoms with E-state index in [-0.39, 0.29) is 11.5 Å². The topological polar surface area (TPSA) is 106 Å². The van der Waals surface area contributed by atoms with Gasteiger partial charge in [-0.1, -0.05) is 0 Å². The Labute approximate surface area is 173 Å². The first-order chi connectivity index (χ1) is 14.5. The molecule has 3 aromatic heterocycles. The minimum absolute atomic E-state index is 0.106. The zero-order valence-electron chi connectivity index (χ0n) is 17.0. The Bertz CT molecular complexity index is 1100. The number of rotatable bonds is 5. The molecule has 9 nitrogen and oxygen atoms in total. The van der Waals surface area contributed by atoms with Crippen LogP contribution in [-0.2, 0) is 0 Å². The molecule has 0 bridgehead atoms. The molecule has 1 aliphatic heterocycles. The molecule has 9 heteroatoms. The van der Waals surface area contributed by atoms with Gasteiger partial charge in [-0.3, -0.25) is 9.59 Å². The second-order valence-corrected chi connectivity index (χ2v) is 7.54. The first-order valence-corrected chi connectivity index (χ1v) is 9.96. The third-order valence-corrected chi connectivity index (χ3v) is 5.24. The number of hydrogen-bond acceptors (Lipinski definition) is 6. The van der Waals surface area contributed by atoms with Crippen molar-refractivity contribution < 1.29 is 9.53 Å². The van der Waals surface area contributed by atoms with Gasteiger partial charge in [-0.2, -0.15) is 5.10 Å². The van der Waals surface area contributed by atoms with Crippen LogP contribution in [0.1, 0.15) is 34.6 Å². The van der Waals surface area contributed by atoms with Crippen LogP contribution >= 0.6 is 0 Å². The summed E-state index contributed by atoms with van der Waals surface area (Å²) in [4.78, 5) is 36.8. The molecule has 0 unspecified atom stereocenters. The number of piperidine rings is 1. The number of pyridine rings is 1. The average Bonchev–Trinajstić information content (AvgIpc) is 3.10. The number of ether oxygens (including phenoxy) is 1. The van der Waals surface area contributed by atoms with Gasteiger partial charge in [0, 0.05) is 42.7 Å². The SMILES string of the molecule is Cc1cc(C)n(-c2cc(OCC3CCN(C(=O)c4cc[nH]c(=O)c4)CC3)ncn2)n1. The molecule has 0 aliphatic carbocycles. The summed E-state index contributed by atoms with van der Waals surface area (Å²) in [6.07, 6.45) is 4.65. The molecule has 4 rings (SSSR count). The van der Waals surface area contributed by atoms with Crippen LogP contribution in [0.4, 0.5) is 0 Å². The smallest absolute Gasteiger partial charge is 0.254 e. The highest BCUT2D eigenvalue weighted by Gasteiger charge is 2.24. The molecule has 3 aromatic rings. The molecule has 0 spiro atoms. The lowest BCUT2D eigenvalue weighted by atomic mass is 9.97. The lowest BCUT2D eigenvalue weighted by Crippen LogP contribution is -2.40. The Morgan fingerprint density at radius 2 is 2.00 bits per heavy atom. The van der Waals surface area contributed by atoms with E-state index in [0.29, 0.717) is 42.9 Å². The van der Waals surface area contributed by atoms with E-state index >= 15 is 0 Å². The number of aryl methyl sites for hydroxylation is 2. The fourth-order valence-electron chi connectivity index (χ4n) is 3.65. The van der Waals surface area contributed by atoms with Crippen LogP contribution in [0.3, 0.4) is 0 Å². The van der Waals surface area contributed by atoms with Gasteiger partial charge in [0.25, 0.3) is 5.91 Å². The zero-order valence-corrected chi connectivity index (χ0v) is 17.0. The monoisotopic (exact) mass is 408 g/mol. The van der Waals surface area contributed by atoms with Crippen molar-refractivity contribution in [2.75, 3.05) is 19.7 Å². The van der Waals surface area contributed by atoms with Gasteiger partial charge in [0.2, 0.25) is 11.4 Å². The lowest BCUT2D eigenvalue weighted by molar-refractivity contribution is 0.0659. The normalized spacial score (nSPS) is 14.7. The highest BCUT2D eigenvalue weighted by molar-refractivity contribution is 5.94. The van der Waals surface area contributed by atoms with Gasteiger partial charge in [-0.15, -0.1) is 0 Å². The Morgan fingerprint density at radius 1 is 1.20 bits per heavy atom. The first-order valence-electron chi connectivity index (χ1n) is 9.96. The molecule has 0 aromatic carbocycles. The number of carbonyl (C=O) groups excluding carboxylic acids is 1. The first kappa shape index (κ1) is 19.8. The molecule has 1 fully saturated rings. The van der Waals surface area contributed by atoms with Gasteiger partial charge < -0.3 is 14.6 Å². The Hall–Kier alpha value is -3.49. The van der Waals surface area contributed by atoms with Gasteiger partial charge in [-0.25, -0.2) is 14.6 Å². The molecular weight excluding hydrogens is 384 g/mol. The highest BCUT2D eigenvalue weighted by Crippen LogP contribution is 2.21. The molecule has 0 atom stereocenters. The molecular formula is C21H24N6O3. The number of H-pyrrole nitrogens is 1. The van der Waals surface area contributed by atoms with Crippen molar-refractivity contribution in [1.82, 2.24) is 29.6 Å². The number of hydrogen-bond donors (Lipinski definition) is 1. The van der Waals surface area contributed by atoms with Gasteiger partial charge in [0.1, 0.15) is 6.33 Å². The van der Waals surface area contributed by atoms with Crippen LogP contribution < -0.4 is 10.3 Å². The maximum Gasteiger partial charge on any atom is 0.254 e. The van der Waals surface area contributed by atoms with Crippen molar-refractivity contribution in [3.8, 4) is 11.7 Å². The average molecular weight is 408 g/mol. The highest BCUT2D eigenvalue weighted by atomic mass is 16.5. The van der Waals surface area contributed by atoms with Gasteiger partial charge >= 0.3 is 0 Å². The standard InChI is InChI=1S/C21H24N6O3/c1-14-9-15(2)27(25-14)18-11-20(24-13-23-18)30-12-16-4-7-26(8-5-16)21(29)17-3-6-22-19(28)10-17/h3,6,9-11,13,16H,4-5,7-8,12H2,1-2H3,(H,22,28). The largest absolute Gasteiger partial charge is 0.477 e. The van der Waals surface area contributed by atoms with Gasteiger partial charge in [0.05, 0.1) is 12.3 Å². The van der Waals surface area contributed by atoms with E-state index in [1.165, 1.54) is 18.6 Å². The molecule has 0 radical (unpaired) electrons. The van der Waals surface area contributed by atoms with Crippen LogP contribution in [-0.4, -0.2) is 55.2 Å². The minimum Gasteiger partial charge on any atom is -0.477 e. The predicted molar refractivity (Wildman–Crippen MR) is 110 cm³/mol. The summed E-state index contributed by atoms with van der Waals surface area (Å²) in [5, 5.41) is 4.44. The molecule has 30 heavy (non-hydrogen) atoms. The van der Waals surface area contributed by atoms with E-state index in [1.807, 2.05) is 19.9 Å². The minimum atomic E-state index is -0.270. The van der Waals surface area contributed by atoms with Crippen molar-refractivity contribution in [3.05, 3.63) is 64.1 Å². The van der Waals surface area contributed by atoms with Crippen molar-refractivity contribution >= 4 is 5.91 Å². The van der Waals surface area contributed by atoms with E-state index < -0.39 is 0 Å². The van der Waals surface area contributed by atoms with Crippen molar-refractivity contribution in [2.45, 2.75) is 26.7 Å². The maximum atomic E-state index is 12.6. The van der Waals surface area contributed by atoms with E-state index in [0.717, 1.165) is 24.2 Å². The summed E-state index contributed by atoms with van der Waals surface area (Å²) in [5.74, 6) is 1.41. The van der Waals surface area contributed by atoms with E-state index in [2.05, 4.69) is 20.1 Å². The van der Waals surface area contributed by atoms with Crippen LogP contribution in [0.5, 0.6) is 5.88 Å². The molecule has 0 saturated carbocycles. The van der Waals surface area contributed by atoms with Crippen LogP contribution in [0.2, 0.25) is 0 Å². The number of likely N-dealkylation sites (tertiary alicyclic amines) is 1. The Kier molecular flexibility index (Phi) is 5.60. The summed E-state index contributed by atoms with van der Waals surface area (Å²) >= 11 is 0. The number of nitrogens with zero attached hydrogens (tertiary/aromatic N) is 5. The van der Waals surface area contributed by atoms with Crippen LogP contribution in [0.25, 0.3) is 5.82 Å². The molecule has 1 N–H and O–H groups in total. The maximum absolute atomic E-state index is 12.6. The summed E-state index contributed by atoms with van der Waals surface area (Å²) in [6, 6.07) is 6.75. The molecule has 4 heterocycles. The van der Waals surface area contributed by atoms with E-state index in [4.69, 9.17) is 4.74 Å². The fourth-order valence-corrected chi connectivity index (χ4v) is 3.65. The second kappa shape index (κ2) is 8.48. The molecule has 156 valence electrons. The Balaban J connectivity index is 1.32. The van der Waals surface area contributed by atoms with Gasteiger partial charge in [-0.05, 0) is 44.7 Å². The fraction of sp³-hybridized carbons (Fsp3) is 0.381. The second-order valence-electron chi connectivity index (χ2n) is 7.54. The number of amides is 1. The molecule has 1 amide bonds. The van der Waals surface area contributed by atoms with Crippen molar-refractivity contribution in [2.24, 2.45) is 5.92 Å². The van der Waals surface area contributed by atoms with Gasteiger partial charge in [0.15, 0.2) is 5.82 Å². The zero-order chi connectivity index (χ0) is 21.1. The summed E-state index contributed by atoms with van der Waals surface area (Å²) in [5.41, 5.74) is 2.07. The van der Waals surface area contributed by atoms with Crippen molar-refractivity contribution in [1.29, 1.82) is 0 Å². The third-order valence-electron chi connectivity index (χ3n) is 5.24. The number of aromatic amines is 1. The third kappa shape index (κ3) is 4.40. The van der Waals surface area contributed by atoms with E-state index in [1.54, 1.807) is 21.7 Å². The quantitative estimate of drug-likeness (QED) is 0.691. The molecule has 1 saturated heterocycles. The summed E-state index contributed by atoms with van der Waals surface area (Å²) in [7, 11) is 0.